The van der Waals surface area contributed by atoms with Gasteiger partial charge in [-0.3, -0.25) is 0 Å². The van der Waals surface area contributed by atoms with Gasteiger partial charge in [-0.25, -0.2) is 9.98 Å². The number of aliphatic imine (C=N–C) groups is 1. The molecule has 0 atom stereocenters. The van der Waals surface area contributed by atoms with Gasteiger partial charge in [-0.15, -0.1) is 0 Å². The summed E-state index contributed by atoms with van der Waals surface area (Å²) in [6.07, 6.45) is 7.90. The second-order valence-electron chi connectivity index (χ2n) is 7.98. The number of hydrogen-bond donors (Lipinski definition) is 2. The van der Waals surface area contributed by atoms with Crippen molar-refractivity contribution < 1.29 is 9.47 Å². The highest BCUT2D eigenvalue weighted by atomic mass is 16.5. The number of guanidine groups is 1. The summed E-state index contributed by atoms with van der Waals surface area (Å²) >= 11 is 0. The van der Waals surface area contributed by atoms with Gasteiger partial charge in [-0.05, 0) is 61.6 Å². The van der Waals surface area contributed by atoms with Crippen LogP contribution in [0.2, 0.25) is 0 Å². The van der Waals surface area contributed by atoms with Gasteiger partial charge >= 0.3 is 0 Å². The molecule has 0 saturated carbocycles. The molecule has 3 rings (SSSR count). The van der Waals surface area contributed by atoms with E-state index in [0.29, 0.717) is 6.54 Å². The Hall–Kier alpha value is -2.96. The van der Waals surface area contributed by atoms with Crippen LogP contribution in [0.4, 0.5) is 5.82 Å². The third kappa shape index (κ3) is 7.04. The van der Waals surface area contributed by atoms with Gasteiger partial charge in [-0.2, -0.15) is 0 Å². The van der Waals surface area contributed by atoms with Gasteiger partial charge in [0, 0.05) is 32.4 Å². The molecule has 0 aliphatic carbocycles. The van der Waals surface area contributed by atoms with Crippen molar-refractivity contribution in [3.05, 3.63) is 47.7 Å². The number of hydrogen-bond acceptors (Lipinski definition) is 5. The zero-order valence-corrected chi connectivity index (χ0v) is 19.7. The van der Waals surface area contributed by atoms with Crippen LogP contribution >= 0.6 is 0 Å². The highest BCUT2D eigenvalue weighted by Gasteiger charge is 2.11. The molecule has 32 heavy (non-hydrogen) atoms. The van der Waals surface area contributed by atoms with Gasteiger partial charge in [0.2, 0.25) is 0 Å². The topological polar surface area (TPSA) is 71.0 Å². The van der Waals surface area contributed by atoms with E-state index in [1.165, 1.54) is 36.8 Å². The molecule has 1 fully saturated rings. The summed E-state index contributed by atoms with van der Waals surface area (Å²) in [6, 6.07) is 10.3. The van der Waals surface area contributed by atoms with Crippen LogP contribution in [-0.2, 0) is 13.0 Å². The summed E-state index contributed by atoms with van der Waals surface area (Å²) in [5.74, 6) is 3.40. The lowest BCUT2D eigenvalue weighted by Crippen LogP contribution is -2.38. The molecule has 1 aromatic heterocycles. The Labute approximate surface area is 192 Å². The van der Waals surface area contributed by atoms with Crippen LogP contribution < -0.4 is 25.0 Å². The largest absolute Gasteiger partial charge is 0.493 e. The van der Waals surface area contributed by atoms with Crippen LogP contribution in [0.25, 0.3) is 0 Å². The Kier molecular flexibility index (Phi) is 9.47. The molecule has 2 heterocycles. The minimum Gasteiger partial charge on any atom is -0.493 e. The summed E-state index contributed by atoms with van der Waals surface area (Å²) in [7, 11) is 3.31. The van der Waals surface area contributed by atoms with Gasteiger partial charge in [0.1, 0.15) is 5.82 Å². The standard InChI is InChI=1S/C25H37N5O2/c1-4-26-25(28-14-11-20-9-10-22(31-2)23(17-20)32-3)29-19-21-12-13-27-24(18-21)30-15-7-5-6-8-16-30/h9-10,12-13,17-18H,4-8,11,14-16,19H2,1-3H3,(H2,26,28,29). The maximum absolute atomic E-state index is 5.40. The Morgan fingerprint density at radius 1 is 0.969 bits per heavy atom. The summed E-state index contributed by atoms with van der Waals surface area (Å²) in [4.78, 5) is 11.8. The summed E-state index contributed by atoms with van der Waals surface area (Å²) in [5, 5.41) is 6.77. The zero-order chi connectivity index (χ0) is 22.6. The number of rotatable bonds is 9. The number of anilines is 1. The maximum Gasteiger partial charge on any atom is 0.191 e. The summed E-state index contributed by atoms with van der Waals surface area (Å²) < 4.78 is 10.7. The molecule has 1 aliphatic rings. The third-order valence-electron chi connectivity index (χ3n) is 5.66. The number of ether oxygens (including phenoxy) is 2. The van der Waals surface area contributed by atoms with Crippen molar-refractivity contribution >= 4 is 11.8 Å². The second kappa shape index (κ2) is 12.8. The molecule has 1 saturated heterocycles. The monoisotopic (exact) mass is 439 g/mol. The van der Waals surface area contributed by atoms with Crippen LogP contribution in [0.5, 0.6) is 11.5 Å². The molecule has 0 amide bonds. The number of pyridine rings is 1. The zero-order valence-electron chi connectivity index (χ0n) is 19.7. The van der Waals surface area contributed by atoms with Gasteiger partial charge in [0.05, 0.1) is 20.8 Å². The van der Waals surface area contributed by atoms with E-state index >= 15 is 0 Å². The van der Waals surface area contributed by atoms with Crippen molar-refractivity contribution in [3.8, 4) is 11.5 Å². The van der Waals surface area contributed by atoms with Crippen LogP contribution in [0, 0.1) is 0 Å². The molecule has 0 spiro atoms. The van der Waals surface area contributed by atoms with Crippen LogP contribution in [0.1, 0.15) is 43.7 Å². The van der Waals surface area contributed by atoms with Crippen molar-refractivity contribution in [2.75, 3.05) is 45.3 Å². The first-order valence-electron chi connectivity index (χ1n) is 11.7. The van der Waals surface area contributed by atoms with E-state index in [9.17, 15) is 0 Å². The fourth-order valence-electron chi connectivity index (χ4n) is 3.91. The van der Waals surface area contributed by atoms with E-state index in [2.05, 4.69) is 45.6 Å². The number of nitrogens with one attached hydrogen (secondary N) is 2. The van der Waals surface area contributed by atoms with Crippen LogP contribution in [-0.4, -0.2) is 51.3 Å². The van der Waals surface area contributed by atoms with E-state index < -0.39 is 0 Å². The van der Waals surface area contributed by atoms with Crippen molar-refractivity contribution in [2.45, 2.75) is 45.6 Å². The lowest BCUT2D eigenvalue weighted by molar-refractivity contribution is 0.354. The Morgan fingerprint density at radius 2 is 1.75 bits per heavy atom. The van der Waals surface area contributed by atoms with Crippen LogP contribution in [0.15, 0.2) is 41.5 Å². The predicted molar refractivity (Wildman–Crippen MR) is 131 cm³/mol. The van der Waals surface area contributed by atoms with Crippen molar-refractivity contribution in [3.63, 3.8) is 0 Å². The molecule has 7 heteroatoms. The molecule has 2 aromatic rings. The Balaban J connectivity index is 1.57. The number of nitrogens with zero attached hydrogens (tertiary/aromatic N) is 3. The molecule has 0 unspecified atom stereocenters. The fourth-order valence-corrected chi connectivity index (χ4v) is 3.91. The predicted octanol–water partition coefficient (Wildman–Crippen LogP) is 3.78. The number of methoxy groups -OCH3 is 2. The average Bonchev–Trinajstić information content (AvgIpc) is 3.12. The molecular formula is C25H37N5O2. The first kappa shape index (κ1) is 23.7. The van der Waals surface area contributed by atoms with E-state index in [0.717, 1.165) is 55.9 Å². The molecule has 174 valence electrons. The summed E-state index contributed by atoms with van der Waals surface area (Å²) in [5.41, 5.74) is 2.36. The molecule has 1 aliphatic heterocycles. The molecular weight excluding hydrogens is 402 g/mol. The van der Waals surface area contributed by atoms with Gasteiger partial charge in [-0.1, -0.05) is 18.9 Å². The highest BCUT2D eigenvalue weighted by molar-refractivity contribution is 5.79. The third-order valence-corrected chi connectivity index (χ3v) is 5.66. The lowest BCUT2D eigenvalue weighted by Gasteiger charge is -2.21. The lowest BCUT2D eigenvalue weighted by atomic mass is 10.1. The van der Waals surface area contributed by atoms with Gasteiger partial charge in [0.25, 0.3) is 0 Å². The highest BCUT2D eigenvalue weighted by Crippen LogP contribution is 2.27. The quantitative estimate of drug-likeness (QED) is 0.458. The fraction of sp³-hybridized carbons (Fsp3) is 0.520. The molecule has 0 bridgehead atoms. The smallest absolute Gasteiger partial charge is 0.191 e. The van der Waals surface area contributed by atoms with Crippen molar-refractivity contribution in [2.24, 2.45) is 4.99 Å². The van der Waals surface area contributed by atoms with Crippen LogP contribution in [0.3, 0.4) is 0 Å². The van der Waals surface area contributed by atoms with Crippen molar-refractivity contribution in [1.82, 2.24) is 15.6 Å². The Morgan fingerprint density at radius 3 is 2.47 bits per heavy atom. The Bertz CT molecular complexity index is 863. The van der Waals surface area contributed by atoms with E-state index in [1.54, 1.807) is 14.2 Å². The normalized spacial score (nSPS) is 14.6. The van der Waals surface area contributed by atoms with Crippen molar-refractivity contribution in [1.29, 1.82) is 0 Å². The van der Waals surface area contributed by atoms with Gasteiger partial charge in [0.15, 0.2) is 17.5 Å². The first-order valence-corrected chi connectivity index (χ1v) is 11.7. The van der Waals surface area contributed by atoms with Gasteiger partial charge < -0.3 is 25.0 Å². The minimum atomic E-state index is 0.620. The number of aromatic nitrogens is 1. The molecule has 0 radical (unpaired) electrons. The summed E-state index contributed by atoms with van der Waals surface area (Å²) in [6.45, 7) is 6.48. The maximum atomic E-state index is 5.40. The van der Waals surface area contributed by atoms with E-state index in [4.69, 9.17) is 14.5 Å². The SMILES string of the molecule is CCNC(=NCc1ccnc(N2CCCCCC2)c1)NCCc1ccc(OC)c(OC)c1. The minimum absolute atomic E-state index is 0.620. The number of benzene rings is 1. The second-order valence-corrected chi connectivity index (χ2v) is 7.98. The van der Waals surface area contributed by atoms with E-state index in [-0.39, 0.29) is 0 Å². The van der Waals surface area contributed by atoms with E-state index in [1.807, 2.05) is 18.3 Å². The molecule has 2 N–H and O–H groups in total. The molecule has 7 nitrogen and oxygen atoms in total. The average molecular weight is 440 g/mol. The first-order chi connectivity index (χ1) is 15.7. The molecule has 1 aromatic carbocycles.